The molecule has 0 unspecified atom stereocenters. The fourth-order valence-corrected chi connectivity index (χ4v) is 7.44. The molecule has 2 heterocycles. The Balaban J connectivity index is 1.15. The summed E-state index contributed by atoms with van der Waals surface area (Å²) in [6.07, 6.45) is 0. The van der Waals surface area contributed by atoms with Gasteiger partial charge >= 0.3 is 0 Å². The smallest absolute Gasteiger partial charge is 0.101 e. The lowest BCUT2D eigenvalue weighted by Gasteiger charge is -2.16. The summed E-state index contributed by atoms with van der Waals surface area (Å²) in [5.74, 6) is 0. The Kier molecular flexibility index (Phi) is 6.56. The average Bonchev–Trinajstić information content (AvgIpc) is 3.70. The molecule has 7 aromatic carbocycles. The summed E-state index contributed by atoms with van der Waals surface area (Å²) in [7, 11) is 0. The molecular weight excluding hydrogens is 611 g/mol. The Bertz CT molecular complexity index is 2960. The lowest BCUT2D eigenvalue weighted by atomic mass is 9.94. The summed E-state index contributed by atoms with van der Waals surface area (Å²) in [5.41, 5.74) is 11.4. The zero-order valence-electron chi connectivity index (χ0n) is 26.7. The van der Waals surface area contributed by atoms with Crippen LogP contribution < -0.4 is 0 Å². The highest BCUT2D eigenvalue weighted by Gasteiger charge is 2.19. The molecule has 2 aromatic heterocycles. The van der Waals surface area contributed by atoms with Crippen LogP contribution in [0.25, 0.3) is 77.2 Å². The van der Waals surface area contributed by atoms with Crippen LogP contribution in [0.15, 0.2) is 152 Å². The van der Waals surface area contributed by atoms with Crippen molar-refractivity contribution in [2.75, 3.05) is 0 Å². The Morgan fingerprint density at radius 2 is 1.04 bits per heavy atom. The topological polar surface area (TPSA) is 81.2 Å². The van der Waals surface area contributed by atoms with Crippen molar-refractivity contribution in [3.8, 4) is 51.8 Å². The third-order valence-corrected chi connectivity index (χ3v) is 9.65. The van der Waals surface area contributed by atoms with Gasteiger partial charge in [-0.25, -0.2) is 0 Å². The number of nitrogens with zero attached hydrogens (tertiary/aromatic N) is 5. The molecule has 0 bridgehead atoms. The number of rotatable bonds is 4. The maximum atomic E-state index is 10.4. The monoisotopic (exact) mass is 635 g/mol. The summed E-state index contributed by atoms with van der Waals surface area (Å²) in [4.78, 5) is 0. The first kappa shape index (κ1) is 28.8. The van der Waals surface area contributed by atoms with Crippen molar-refractivity contribution in [3.63, 3.8) is 0 Å². The first-order chi connectivity index (χ1) is 24.7. The SMILES string of the molecule is N#Cc1ccc2c(c1)c1ccccc1n2-c1ccc(-c2ccc(-c3ccccc3-n3c4ccccc4c4cccc(C#N)c43)cc2C#N)cc1. The molecule has 0 aliphatic carbocycles. The lowest BCUT2D eigenvalue weighted by molar-refractivity contribution is 1.18. The highest BCUT2D eigenvalue weighted by atomic mass is 15.0. The van der Waals surface area contributed by atoms with Crippen LogP contribution in [-0.4, -0.2) is 9.13 Å². The van der Waals surface area contributed by atoms with Crippen LogP contribution in [0.5, 0.6) is 0 Å². The van der Waals surface area contributed by atoms with Gasteiger partial charge in [-0.05, 0) is 77.4 Å². The minimum Gasteiger partial charge on any atom is -0.309 e. The van der Waals surface area contributed by atoms with Crippen molar-refractivity contribution in [1.82, 2.24) is 9.13 Å². The molecular formula is C45H25N5. The van der Waals surface area contributed by atoms with Crippen LogP contribution in [0.1, 0.15) is 16.7 Å². The molecule has 0 radical (unpaired) electrons. The van der Waals surface area contributed by atoms with Crippen molar-refractivity contribution >= 4 is 43.6 Å². The number of fused-ring (bicyclic) bond motifs is 6. The van der Waals surface area contributed by atoms with E-state index in [4.69, 9.17) is 0 Å². The van der Waals surface area contributed by atoms with Gasteiger partial charge in [-0.1, -0.05) is 91.0 Å². The van der Waals surface area contributed by atoms with Gasteiger partial charge in [0.1, 0.15) is 6.07 Å². The van der Waals surface area contributed by atoms with E-state index in [9.17, 15) is 15.8 Å². The zero-order chi connectivity index (χ0) is 33.8. The van der Waals surface area contributed by atoms with Gasteiger partial charge in [-0.3, -0.25) is 0 Å². The molecule has 0 fully saturated rings. The highest BCUT2D eigenvalue weighted by molar-refractivity contribution is 6.12. The molecule has 50 heavy (non-hydrogen) atoms. The van der Waals surface area contributed by atoms with Gasteiger partial charge < -0.3 is 9.13 Å². The predicted octanol–water partition coefficient (Wildman–Crippen LogP) is 10.8. The van der Waals surface area contributed by atoms with E-state index in [2.05, 4.69) is 100 Å². The summed E-state index contributed by atoms with van der Waals surface area (Å²) >= 11 is 0. The minimum absolute atomic E-state index is 0.575. The van der Waals surface area contributed by atoms with E-state index in [1.54, 1.807) is 0 Å². The Hall–Kier alpha value is -7.39. The van der Waals surface area contributed by atoms with Crippen molar-refractivity contribution < 1.29 is 0 Å². The van der Waals surface area contributed by atoms with Gasteiger partial charge in [0.05, 0.1) is 56.6 Å². The van der Waals surface area contributed by atoms with E-state index in [1.165, 1.54) is 0 Å². The normalized spacial score (nSPS) is 11.1. The zero-order valence-corrected chi connectivity index (χ0v) is 26.7. The van der Waals surface area contributed by atoms with Gasteiger partial charge in [-0.15, -0.1) is 0 Å². The lowest BCUT2D eigenvalue weighted by Crippen LogP contribution is -1.99. The number of hydrogen-bond donors (Lipinski definition) is 0. The van der Waals surface area contributed by atoms with E-state index in [-0.39, 0.29) is 0 Å². The average molecular weight is 636 g/mol. The van der Waals surface area contributed by atoms with Gasteiger partial charge in [0.15, 0.2) is 0 Å². The molecule has 230 valence electrons. The molecule has 0 aliphatic rings. The van der Waals surface area contributed by atoms with E-state index >= 15 is 0 Å². The molecule has 5 heteroatoms. The summed E-state index contributed by atoms with van der Waals surface area (Å²) in [5, 5.41) is 34.3. The molecule has 0 saturated heterocycles. The van der Waals surface area contributed by atoms with Crippen molar-refractivity contribution in [2.45, 2.75) is 0 Å². The van der Waals surface area contributed by atoms with E-state index < -0.39 is 0 Å². The highest BCUT2D eigenvalue weighted by Crippen LogP contribution is 2.39. The minimum atomic E-state index is 0.575. The Morgan fingerprint density at radius 1 is 0.400 bits per heavy atom. The number of hydrogen-bond acceptors (Lipinski definition) is 3. The van der Waals surface area contributed by atoms with Crippen LogP contribution in [-0.2, 0) is 0 Å². The van der Waals surface area contributed by atoms with Gasteiger partial charge in [0, 0.05) is 32.8 Å². The fraction of sp³-hybridized carbons (Fsp3) is 0. The molecule has 0 aliphatic heterocycles. The van der Waals surface area contributed by atoms with E-state index in [1.807, 2.05) is 78.9 Å². The first-order valence-corrected chi connectivity index (χ1v) is 16.3. The van der Waals surface area contributed by atoms with E-state index in [0.717, 1.165) is 77.2 Å². The molecule has 0 N–H and O–H groups in total. The van der Waals surface area contributed by atoms with Crippen LogP contribution in [0.2, 0.25) is 0 Å². The second-order valence-corrected chi connectivity index (χ2v) is 12.3. The fourth-order valence-electron chi connectivity index (χ4n) is 7.44. The molecule has 0 amide bonds. The number of benzene rings is 7. The quantitative estimate of drug-likeness (QED) is 0.193. The number of para-hydroxylation sites is 4. The maximum Gasteiger partial charge on any atom is 0.101 e. The number of aromatic nitrogens is 2. The van der Waals surface area contributed by atoms with Crippen LogP contribution in [0, 0.1) is 34.0 Å². The third kappa shape index (κ3) is 4.31. The summed E-state index contributed by atoms with van der Waals surface area (Å²) in [6, 6.07) is 57.8. The first-order valence-electron chi connectivity index (χ1n) is 16.3. The van der Waals surface area contributed by atoms with Crippen molar-refractivity contribution in [1.29, 1.82) is 15.8 Å². The van der Waals surface area contributed by atoms with Crippen molar-refractivity contribution in [2.24, 2.45) is 0 Å². The van der Waals surface area contributed by atoms with E-state index in [0.29, 0.717) is 16.7 Å². The maximum absolute atomic E-state index is 10.4. The molecule has 5 nitrogen and oxygen atoms in total. The predicted molar refractivity (Wildman–Crippen MR) is 200 cm³/mol. The van der Waals surface area contributed by atoms with Gasteiger partial charge in [-0.2, -0.15) is 15.8 Å². The van der Waals surface area contributed by atoms with Crippen LogP contribution in [0.4, 0.5) is 0 Å². The Morgan fingerprint density at radius 3 is 1.80 bits per heavy atom. The molecule has 0 atom stereocenters. The Labute approximate surface area is 287 Å². The standard InChI is InChI=1S/C45H25N5/c46-26-29-16-23-44-40(24-29)38-11-3-5-14-42(38)49(44)34-20-17-30(18-21-34)35-22-19-31(25-33(35)28-48)36-9-1-4-13-41(36)50-43-15-6-2-10-37(43)39-12-7-8-32(27-47)45(39)50/h1-25H. The molecule has 9 aromatic rings. The van der Waals surface area contributed by atoms with Crippen molar-refractivity contribution in [3.05, 3.63) is 168 Å². The summed E-state index contributed by atoms with van der Waals surface area (Å²) in [6.45, 7) is 0. The largest absolute Gasteiger partial charge is 0.309 e. The molecule has 9 rings (SSSR count). The van der Waals surface area contributed by atoms with Gasteiger partial charge in [0.2, 0.25) is 0 Å². The number of nitriles is 3. The molecule has 0 saturated carbocycles. The third-order valence-electron chi connectivity index (χ3n) is 9.65. The van der Waals surface area contributed by atoms with Crippen LogP contribution in [0.3, 0.4) is 0 Å². The van der Waals surface area contributed by atoms with Crippen LogP contribution >= 0.6 is 0 Å². The molecule has 0 spiro atoms. The second kappa shape index (κ2) is 11.4. The van der Waals surface area contributed by atoms with Gasteiger partial charge in [0.25, 0.3) is 0 Å². The summed E-state index contributed by atoms with van der Waals surface area (Å²) < 4.78 is 4.39. The second-order valence-electron chi connectivity index (χ2n) is 12.3.